The Labute approximate surface area is 452 Å². The van der Waals surface area contributed by atoms with E-state index in [0.717, 1.165) is 33.8 Å². The van der Waals surface area contributed by atoms with Gasteiger partial charge in [-0.3, -0.25) is 36.2 Å². The molecule has 0 aliphatic rings. The number of nitrogens with zero attached hydrogens (tertiary/aromatic N) is 4. The van der Waals surface area contributed by atoms with Crippen LogP contribution in [-0.2, 0) is 52.1 Å². The summed E-state index contributed by atoms with van der Waals surface area (Å²) < 4.78 is 0. The van der Waals surface area contributed by atoms with Crippen LogP contribution in [0.3, 0.4) is 0 Å². The molecule has 0 saturated carbocycles. The van der Waals surface area contributed by atoms with Crippen LogP contribution in [0.4, 0.5) is 0 Å². The summed E-state index contributed by atoms with van der Waals surface area (Å²) in [6.45, 7) is 40.5. The first-order valence-corrected chi connectivity index (χ1v) is 25.5. The molecule has 0 atom stereocenters. The van der Waals surface area contributed by atoms with Gasteiger partial charge < -0.3 is 34.4 Å². The van der Waals surface area contributed by atoms with Crippen molar-refractivity contribution in [2.24, 2.45) is 34.4 Å². The van der Waals surface area contributed by atoms with E-state index >= 15 is 0 Å². The lowest BCUT2D eigenvalue weighted by molar-refractivity contribution is 0.568. The van der Waals surface area contributed by atoms with Crippen molar-refractivity contribution < 1.29 is 0 Å². The normalized spacial score (nSPS) is 11.5. The Morgan fingerprint density at radius 3 is 0.973 bits per heavy atom. The maximum atomic E-state index is 7.24. The first kappa shape index (κ1) is 66.3. The van der Waals surface area contributed by atoms with E-state index < -0.39 is 0 Å². The molecule has 0 unspecified atom stereocenters. The Bertz CT molecular complexity index is 2310. The number of amidine groups is 3. The van der Waals surface area contributed by atoms with Crippen molar-refractivity contribution in [2.75, 3.05) is 0 Å². The summed E-state index contributed by atoms with van der Waals surface area (Å²) in [4.78, 5) is 16.9. The van der Waals surface area contributed by atoms with Gasteiger partial charge in [-0.1, -0.05) is 191 Å². The van der Waals surface area contributed by atoms with Gasteiger partial charge in [0.2, 0.25) is 0 Å². The van der Waals surface area contributed by atoms with Gasteiger partial charge in [-0.15, -0.1) is 0 Å². The molecule has 408 valence electrons. The summed E-state index contributed by atoms with van der Waals surface area (Å²) in [5.41, 5.74) is 45.6. The molecule has 6 aromatic rings. The van der Waals surface area contributed by atoms with Crippen molar-refractivity contribution in [3.05, 3.63) is 189 Å². The molecule has 0 spiro atoms. The number of hydrogen-bond acceptors (Lipinski definition) is 10. The van der Waals surface area contributed by atoms with Gasteiger partial charge >= 0.3 is 0 Å². The molecule has 15 N–H and O–H groups in total. The third-order valence-corrected chi connectivity index (χ3v) is 11.6. The molecule has 0 fully saturated rings. The Hall–Kier alpha value is -6.67. The molecule has 6 rings (SSSR count). The van der Waals surface area contributed by atoms with Gasteiger partial charge in [-0.25, -0.2) is 0 Å². The van der Waals surface area contributed by atoms with Crippen LogP contribution in [0.25, 0.3) is 0 Å². The summed E-state index contributed by atoms with van der Waals surface area (Å²) in [6, 6.07) is 32.0. The fourth-order valence-corrected chi connectivity index (χ4v) is 6.26. The van der Waals surface area contributed by atoms with Crippen LogP contribution in [0, 0.1) is 16.2 Å². The molecule has 75 heavy (non-hydrogen) atoms. The predicted molar refractivity (Wildman–Crippen MR) is 319 cm³/mol. The van der Waals surface area contributed by atoms with Crippen molar-refractivity contribution >= 4 is 17.5 Å². The number of nitrogen functional groups attached to an aromatic ring is 3. The van der Waals surface area contributed by atoms with E-state index in [1.807, 2.05) is 73.1 Å². The van der Waals surface area contributed by atoms with Crippen molar-refractivity contribution in [1.29, 1.82) is 16.2 Å². The average molecular weight is 1020 g/mol. The van der Waals surface area contributed by atoms with E-state index in [-0.39, 0.29) is 50.0 Å². The Morgan fingerprint density at radius 2 is 0.693 bits per heavy atom. The molecular weight excluding hydrogens is 927 g/mol. The van der Waals surface area contributed by atoms with Crippen molar-refractivity contribution in [2.45, 2.75) is 177 Å². The fraction of sp³-hybridized carbons (Fsp3) is 0.435. The second-order valence-electron chi connectivity index (χ2n) is 24.6. The van der Waals surface area contributed by atoms with Crippen LogP contribution in [0.5, 0.6) is 0 Å². The summed E-state index contributed by atoms with van der Waals surface area (Å²) >= 11 is 0. The lowest BCUT2D eigenvalue weighted by Gasteiger charge is -2.18. The van der Waals surface area contributed by atoms with Gasteiger partial charge in [0.15, 0.2) is 0 Å². The molecule has 0 amide bonds. The maximum Gasteiger partial charge on any atom is 0.141 e. The van der Waals surface area contributed by atoms with Crippen LogP contribution >= 0.6 is 0 Å². The third-order valence-electron chi connectivity index (χ3n) is 11.6. The predicted octanol–water partition coefficient (Wildman–Crippen LogP) is 11.7. The lowest BCUT2D eigenvalue weighted by atomic mass is 9.87. The molecule has 0 saturated heterocycles. The van der Waals surface area contributed by atoms with E-state index in [4.69, 9.17) is 50.6 Å². The Morgan fingerprint density at radius 1 is 0.333 bits per heavy atom. The van der Waals surface area contributed by atoms with Crippen LogP contribution in [0.15, 0.2) is 122 Å². The Balaban J connectivity index is 0.000000450. The minimum absolute atomic E-state index is 0.0143. The largest absolute Gasteiger partial charge is 0.384 e. The minimum atomic E-state index is 0.0143. The van der Waals surface area contributed by atoms with E-state index in [0.29, 0.717) is 30.9 Å². The summed E-state index contributed by atoms with van der Waals surface area (Å²) in [7, 11) is 0. The highest BCUT2D eigenvalue weighted by Gasteiger charge is 2.18. The van der Waals surface area contributed by atoms with Crippen LogP contribution in [0.2, 0.25) is 0 Å². The highest BCUT2D eigenvalue weighted by atomic mass is 14.8. The molecule has 0 radical (unpaired) electrons. The monoisotopic (exact) mass is 1020 g/mol. The topological polar surface area (TPSA) is 279 Å². The zero-order chi connectivity index (χ0) is 57.8. The molecule has 2 aromatic carbocycles. The van der Waals surface area contributed by atoms with E-state index in [9.17, 15) is 0 Å². The quantitative estimate of drug-likeness (QED) is 0.0562. The minimum Gasteiger partial charge on any atom is -0.384 e. The van der Waals surface area contributed by atoms with Crippen LogP contribution in [-0.4, -0.2) is 37.4 Å². The van der Waals surface area contributed by atoms with E-state index in [2.05, 4.69) is 175 Å². The highest BCUT2D eigenvalue weighted by Crippen LogP contribution is 2.25. The smallest absolute Gasteiger partial charge is 0.141 e. The second-order valence-corrected chi connectivity index (χ2v) is 24.6. The number of benzene rings is 2. The molecule has 13 heteroatoms. The molecule has 0 aliphatic heterocycles. The fourth-order valence-electron chi connectivity index (χ4n) is 6.26. The standard InChI is InChI=1S/C11H16N2.C11H17N.2C10H15N3.2C10H16N2/c1-11(2,3)9-6-4-8(5-7-9)10(12)13;1-11(2,3)10-6-4-9(8-12)5-7-10;1-10(2,3)7-4-5-8(9(11)12)13-6-7;1-10(2,3)8-5-4-7(6-13-8)9(11)12;1-10(2,3)8-4-5-9(6-11)12-7-8;1-10(2,3)9-5-4-8(6-11)7-12-9/h4-7H,1-3H3,(H3,12,13);4-7H,8,12H2,1-3H3;2*4-6H,1-3H3,(H3,11,12);2*4-5,7H,6,11H2,1-3H3. The van der Waals surface area contributed by atoms with Crippen molar-refractivity contribution in [3.8, 4) is 0 Å². The molecule has 0 aliphatic carbocycles. The van der Waals surface area contributed by atoms with Gasteiger partial charge in [-0.2, -0.15) is 0 Å². The molecule has 0 bridgehead atoms. The molecule has 4 aromatic heterocycles. The summed E-state index contributed by atoms with van der Waals surface area (Å²) in [6.07, 6.45) is 7.17. The zero-order valence-corrected chi connectivity index (χ0v) is 48.9. The third kappa shape index (κ3) is 24.9. The number of nitrogens with one attached hydrogen (secondary N) is 3. The molecule has 4 heterocycles. The Kier molecular flexibility index (Phi) is 25.5. The number of aromatic nitrogens is 4. The second kappa shape index (κ2) is 28.9. The summed E-state index contributed by atoms with van der Waals surface area (Å²) in [5, 5.41) is 21.6. The van der Waals surface area contributed by atoms with Gasteiger partial charge in [0.25, 0.3) is 0 Å². The SMILES string of the molecule is CC(C)(C)c1ccc(C(=N)N)cc1.CC(C)(C)c1ccc(C(=N)N)cn1.CC(C)(C)c1ccc(C(=N)N)nc1.CC(C)(C)c1ccc(CN)cc1.CC(C)(C)c1ccc(CN)cn1.CC(C)(C)c1ccc(CN)nc1. The zero-order valence-electron chi connectivity index (χ0n) is 48.9. The average Bonchev–Trinajstić information content (AvgIpc) is 3.33. The van der Waals surface area contributed by atoms with E-state index in [1.165, 1.54) is 22.3 Å². The lowest BCUT2D eigenvalue weighted by Crippen LogP contribution is -2.16. The summed E-state index contributed by atoms with van der Waals surface area (Å²) in [5.74, 6) is 0.203. The number of rotatable bonds is 6. The number of pyridine rings is 4. The van der Waals surface area contributed by atoms with Gasteiger partial charge in [0.05, 0.1) is 5.69 Å². The number of hydrogen-bond donors (Lipinski definition) is 9. The van der Waals surface area contributed by atoms with Crippen molar-refractivity contribution in [1.82, 2.24) is 19.9 Å². The first-order chi connectivity index (χ1) is 34.3. The van der Waals surface area contributed by atoms with Gasteiger partial charge in [0.1, 0.15) is 23.2 Å². The van der Waals surface area contributed by atoms with Crippen LogP contribution < -0.4 is 34.4 Å². The highest BCUT2D eigenvalue weighted by molar-refractivity contribution is 5.95. The maximum absolute atomic E-state index is 7.24. The van der Waals surface area contributed by atoms with Gasteiger partial charge in [-0.05, 0) is 85.4 Å². The molecule has 13 nitrogen and oxygen atoms in total. The van der Waals surface area contributed by atoms with Gasteiger partial charge in [0, 0.05) is 77.8 Å². The van der Waals surface area contributed by atoms with Crippen molar-refractivity contribution in [3.63, 3.8) is 0 Å². The molecular formula is C62H95N13. The number of nitrogens with two attached hydrogens (primary N) is 6. The van der Waals surface area contributed by atoms with Crippen LogP contribution in [0.1, 0.15) is 192 Å². The first-order valence-electron chi connectivity index (χ1n) is 25.5. The van der Waals surface area contributed by atoms with E-state index in [1.54, 1.807) is 18.5 Å².